The minimum atomic E-state index is -0.212. The van der Waals surface area contributed by atoms with Crippen molar-refractivity contribution in [1.29, 1.82) is 0 Å². The van der Waals surface area contributed by atoms with Crippen LogP contribution in [0, 0.1) is 17.5 Å². The van der Waals surface area contributed by atoms with Gasteiger partial charge in [0.25, 0.3) is 0 Å². The molecule has 1 N–H and O–H groups in total. The van der Waals surface area contributed by atoms with Crippen LogP contribution in [-0.2, 0) is 13.2 Å². The summed E-state index contributed by atoms with van der Waals surface area (Å²) in [6.07, 6.45) is 1.76. The van der Waals surface area contributed by atoms with Crippen LogP contribution in [0.5, 0.6) is 0 Å². The highest BCUT2D eigenvalue weighted by Crippen LogP contribution is 2.13. The molecule has 2 aromatic carbocycles. The average Bonchev–Trinajstić information content (AvgIpc) is 2.91. The number of aromatic nitrogens is 3. The molecule has 0 aliphatic carbocycles. The van der Waals surface area contributed by atoms with Gasteiger partial charge in [-0.25, -0.2) is 4.39 Å². The fourth-order valence-electron chi connectivity index (χ4n) is 2.71. The van der Waals surface area contributed by atoms with E-state index in [0.29, 0.717) is 11.4 Å². The number of quaternary nitrogens is 1. The van der Waals surface area contributed by atoms with Gasteiger partial charge in [0, 0.05) is 5.56 Å². The molecule has 3 aromatic rings. The maximum Gasteiger partial charge on any atom is 0.207 e. The summed E-state index contributed by atoms with van der Waals surface area (Å²) in [6, 6.07) is 14.7. The highest BCUT2D eigenvalue weighted by Gasteiger charge is 2.10. The second-order valence-electron chi connectivity index (χ2n) is 5.99. The second-order valence-corrected chi connectivity index (χ2v) is 6.35. The Morgan fingerprint density at radius 2 is 1.83 bits per heavy atom. The van der Waals surface area contributed by atoms with Crippen LogP contribution >= 0.6 is 12.2 Å². The molecule has 1 aromatic heterocycles. The highest BCUT2D eigenvalue weighted by molar-refractivity contribution is 7.71. The number of nitrogens with one attached hydrogen (secondary N) is 1. The van der Waals surface area contributed by atoms with Gasteiger partial charge in [-0.1, -0.05) is 30.3 Å². The van der Waals surface area contributed by atoms with Crippen LogP contribution in [0.4, 0.5) is 4.39 Å². The number of aryl methyl sites for hydroxylation is 1. The standard InChI is InChI=1S/C18H19FN4S/c1-14-5-3-4-6-17(14)22-12-20-23(18(22)24)13-21(2)11-15-7-9-16(19)10-8-15/h3-10,12H,11,13H2,1-2H3/p+1. The summed E-state index contributed by atoms with van der Waals surface area (Å²) in [5.74, 6) is -0.212. The lowest BCUT2D eigenvalue weighted by molar-refractivity contribution is -0.917. The van der Waals surface area contributed by atoms with E-state index in [1.807, 2.05) is 39.6 Å². The Labute approximate surface area is 145 Å². The van der Waals surface area contributed by atoms with E-state index in [4.69, 9.17) is 12.2 Å². The zero-order valence-electron chi connectivity index (χ0n) is 13.7. The number of halogens is 1. The van der Waals surface area contributed by atoms with Crippen molar-refractivity contribution in [3.8, 4) is 5.69 Å². The monoisotopic (exact) mass is 343 g/mol. The Bertz CT molecular complexity index is 883. The molecule has 1 heterocycles. The number of nitrogens with zero attached hydrogens (tertiary/aromatic N) is 3. The predicted molar refractivity (Wildman–Crippen MR) is 94.1 cm³/mol. The smallest absolute Gasteiger partial charge is 0.207 e. The minimum Gasteiger partial charge on any atom is -0.315 e. The number of rotatable bonds is 5. The molecule has 0 spiro atoms. The van der Waals surface area contributed by atoms with Crippen LogP contribution in [0.2, 0.25) is 0 Å². The third kappa shape index (κ3) is 3.60. The van der Waals surface area contributed by atoms with Crippen molar-refractivity contribution in [2.75, 3.05) is 7.05 Å². The van der Waals surface area contributed by atoms with Crippen LogP contribution < -0.4 is 4.90 Å². The van der Waals surface area contributed by atoms with Gasteiger partial charge >= 0.3 is 0 Å². The molecule has 0 saturated carbocycles. The highest BCUT2D eigenvalue weighted by atomic mass is 32.1. The summed E-state index contributed by atoms with van der Waals surface area (Å²) in [4.78, 5) is 1.22. The van der Waals surface area contributed by atoms with Gasteiger partial charge in [0.15, 0.2) is 6.67 Å². The largest absolute Gasteiger partial charge is 0.315 e. The predicted octanol–water partition coefficient (Wildman–Crippen LogP) is 2.52. The molecule has 4 nitrogen and oxygen atoms in total. The molecule has 0 amide bonds. The Hall–Kier alpha value is -2.31. The molecule has 124 valence electrons. The van der Waals surface area contributed by atoms with Crippen molar-refractivity contribution in [2.45, 2.75) is 20.1 Å². The molecule has 0 aliphatic heterocycles. The van der Waals surface area contributed by atoms with Gasteiger partial charge in [-0.3, -0.25) is 4.57 Å². The van der Waals surface area contributed by atoms with Gasteiger partial charge in [0.1, 0.15) is 18.7 Å². The van der Waals surface area contributed by atoms with Crippen molar-refractivity contribution >= 4 is 12.2 Å². The van der Waals surface area contributed by atoms with Crippen molar-refractivity contribution in [3.05, 3.63) is 76.6 Å². The first kappa shape index (κ1) is 16.5. The molecule has 3 rings (SSSR count). The van der Waals surface area contributed by atoms with Crippen LogP contribution in [0.1, 0.15) is 11.1 Å². The zero-order chi connectivity index (χ0) is 17.1. The third-order valence-corrected chi connectivity index (χ3v) is 4.35. The Balaban J connectivity index is 1.75. The Morgan fingerprint density at radius 3 is 2.54 bits per heavy atom. The van der Waals surface area contributed by atoms with Crippen molar-refractivity contribution in [1.82, 2.24) is 14.3 Å². The zero-order valence-corrected chi connectivity index (χ0v) is 14.6. The molecule has 0 saturated heterocycles. The lowest BCUT2D eigenvalue weighted by atomic mass is 10.2. The summed E-state index contributed by atoms with van der Waals surface area (Å²) in [6.45, 7) is 3.48. The van der Waals surface area contributed by atoms with E-state index < -0.39 is 0 Å². The number of hydrogen-bond donors (Lipinski definition) is 1. The van der Waals surface area contributed by atoms with E-state index >= 15 is 0 Å². The van der Waals surface area contributed by atoms with E-state index in [-0.39, 0.29) is 5.82 Å². The first-order valence-corrected chi connectivity index (χ1v) is 8.21. The third-order valence-electron chi connectivity index (χ3n) is 3.95. The molecule has 6 heteroatoms. The molecular formula is C18H20FN4S+. The topological polar surface area (TPSA) is 27.2 Å². The van der Waals surface area contributed by atoms with E-state index in [9.17, 15) is 4.39 Å². The quantitative estimate of drug-likeness (QED) is 0.721. The fourth-order valence-corrected chi connectivity index (χ4v) is 2.96. The Kier molecular flexibility index (Phi) is 4.87. The SMILES string of the molecule is Cc1ccccc1-n1cnn(C[NH+](C)Cc2ccc(F)cc2)c1=S. The van der Waals surface area contributed by atoms with Crippen LogP contribution in [0.15, 0.2) is 54.9 Å². The first-order chi connectivity index (χ1) is 11.5. The van der Waals surface area contributed by atoms with E-state index in [1.54, 1.807) is 6.33 Å². The number of benzene rings is 2. The first-order valence-electron chi connectivity index (χ1n) is 7.81. The van der Waals surface area contributed by atoms with Crippen molar-refractivity contribution in [3.63, 3.8) is 0 Å². The summed E-state index contributed by atoms with van der Waals surface area (Å²) in [7, 11) is 2.07. The lowest BCUT2D eigenvalue weighted by Gasteiger charge is -2.14. The van der Waals surface area contributed by atoms with Gasteiger partial charge in [-0.2, -0.15) is 9.78 Å². The normalized spacial score (nSPS) is 12.3. The van der Waals surface area contributed by atoms with E-state index in [2.05, 4.69) is 25.1 Å². The molecule has 0 aliphatic rings. The summed E-state index contributed by atoms with van der Waals surface area (Å²) in [5, 5.41) is 4.42. The summed E-state index contributed by atoms with van der Waals surface area (Å²) in [5.41, 5.74) is 3.28. The van der Waals surface area contributed by atoms with Crippen LogP contribution in [0.25, 0.3) is 5.69 Å². The van der Waals surface area contributed by atoms with Crippen molar-refractivity contribution < 1.29 is 9.29 Å². The summed E-state index contributed by atoms with van der Waals surface area (Å²) < 4.78 is 17.4. The lowest BCUT2D eigenvalue weighted by Crippen LogP contribution is -3.07. The van der Waals surface area contributed by atoms with E-state index in [1.165, 1.54) is 17.0 Å². The molecule has 0 bridgehead atoms. The van der Waals surface area contributed by atoms with Gasteiger partial charge < -0.3 is 4.90 Å². The van der Waals surface area contributed by atoms with Gasteiger partial charge in [0.05, 0.1) is 12.7 Å². The number of para-hydroxylation sites is 1. The van der Waals surface area contributed by atoms with Crippen LogP contribution in [-0.4, -0.2) is 21.4 Å². The fraction of sp³-hybridized carbons (Fsp3) is 0.222. The molecule has 0 radical (unpaired) electrons. The molecule has 24 heavy (non-hydrogen) atoms. The Morgan fingerprint density at radius 1 is 1.12 bits per heavy atom. The summed E-state index contributed by atoms with van der Waals surface area (Å²) >= 11 is 5.57. The minimum absolute atomic E-state index is 0.212. The van der Waals surface area contributed by atoms with Gasteiger partial charge in [-0.05, 0) is 42.9 Å². The average molecular weight is 343 g/mol. The van der Waals surface area contributed by atoms with Gasteiger partial charge in [-0.15, -0.1) is 0 Å². The molecule has 1 unspecified atom stereocenters. The van der Waals surface area contributed by atoms with Crippen molar-refractivity contribution in [2.24, 2.45) is 0 Å². The van der Waals surface area contributed by atoms with Gasteiger partial charge in [0.2, 0.25) is 4.77 Å². The second kappa shape index (κ2) is 7.07. The van der Waals surface area contributed by atoms with Crippen LogP contribution in [0.3, 0.4) is 0 Å². The maximum atomic E-state index is 13.0. The maximum absolute atomic E-state index is 13.0. The molecule has 1 atom stereocenters. The molecular weight excluding hydrogens is 323 g/mol. The number of hydrogen-bond acceptors (Lipinski definition) is 2. The molecule has 0 fully saturated rings. The van der Waals surface area contributed by atoms with E-state index in [0.717, 1.165) is 23.4 Å².